The van der Waals surface area contributed by atoms with Gasteiger partial charge in [-0.05, 0) is 58.8 Å². The summed E-state index contributed by atoms with van der Waals surface area (Å²) in [5.74, 6) is 0. The van der Waals surface area contributed by atoms with Gasteiger partial charge >= 0.3 is 0 Å². The van der Waals surface area contributed by atoms with Crippen LogP contribution < -0.4 is 0 Å². The second kappa shape index (κ2) is 27.0. The van der Waals surface area contributed by atoms with Gasteiger partial charge in [-0.3, -0.25) is 0 Å². The lowest BCUT2D eigenvalue weighted by molar-refractivity contribution is -0.183. The number of hydrogen-bond acceptors (Lipinski definition) is 2. The first kappa shape index (κ1) is 49.5. The minimum atomic E-state index is -0.951. The van der Waals surface area contributed by atoms with E-state index in [-0.39, 0.29) is 0 Å². The van der Waals surface area contributed by atoms with E-state index in [0.717, 1.165) is 35.1 Å². The van der Waals surface area contributed by atoms with Gasteiger partial charge in [0.05, 0.1) is 0 Å². The predicted molar refractivity (Wildman–Crippen MR) is 260 cm³/mol. The zero-order valence-corrected chi connectivity index (χ0v) is 39.3. The third-order valence-corrected chi connectivity index (χ3v) is 15.1. The third kappa shape index (κ3) is 13.2. The van der Waals surface area contributed by atoms with Gasteiger partial charge in [-0.2, -0.15) is 0 Å². The first-order chi connectivity index (χ1) is 29.4. The maximum absolute atomic E-state index is 7.65. The molecule has 2 nitrogen and oxygen atoms in total. The van der Waals surface area contributed by atoms with E-state index in [1.165, 1.54) is 128 Å². The summed E-state index contributed by atoms with van der Waals surface area (Å²) in [5.41, 5.74) is 3.68. The molecule has 0 aliphatic heterocycles. The molecule has 60 heavy (non-hydrogen) atoms. The Bertz CT molecular complexity index is 1400. The molecule has 0 saturated carbocycles. The largest absolute Gasteiger partial charge is 0.362 e. The van der Waals surface area contributed by atoms with Crippen LogP contribution in [0.1, 0.15) is 205 Å². The van der Waals surface area contributed by atoms with Crippen molar-refractivity contribution >= 4 is 0 Å². The van der Waals surface area contributed by atoms with E-state index in [1.807, 2.05) is 0 Å². The van der Waals surface area contributed by atoms with Crippen molar-refractivity contribution in [1.82, 2.24) is 0 Å². The fourth-order valence-corrected chi connectivity index (χ4v) is 10.4. The summed E-state index contributed by atoms with van der Waals surface area (Å²) >= 11 is 0. The lowest BCUT2D eigenvalue weighted by Crippen LogP contribution is -2.55. The van der Waals surface area contributed by atoms with E-state index >= 15 is 0 Å². The molecule has 0 fully saturated rings. The zero-order chi connectivity index (χ0) is 42.8. The summed E-state index contributed by atoms with van der Waals surface area (Å²) in [4.78, 5) is 0. The SMILES string of the molecule is CCC(CC)(CC)CCCCCCCCCOC(c1ccccc1)(c1ccccc1)C(OCCCCCCCCCC(CC)(CC)CC)(c1ccccc1)c1ccccc1. The van der Waals surface area contributed by atoms with Gasteiger partial charge in [-0.1, -0.05) is 278 Å². The van der Waals surface area contributed by atoms with Gasteiger partial charge < -0.3 is 9.47 Å². The van der Waals surface area contributed by atoms with Gasteiger partial charge in [0.1, 0.15) is 0 Å². The fraction of sp³-hybridized carbons (Fsp3) is 0.586. The lowest BCUT2D eigenvalue weighted by Gasteiger charge is -2.51. The van der Waals surface area contributed by atoms with E-state index in [4.69, 9.17) is 9.47 Å². The highest BCUT2D eigenvalue weighted by Crippen LogP contribution is 2.55. The van der Waals surface area contributed by atoms with Crippen molar-refractivity contribution in [2.24, 2.45) is 10.8 Å². The average molecular weight is 815 g/mol. The lowest BCUT2D eigenvalue weighted by atomic mass is 9.65. The molecule has 2 heteroatoms. The van der Waals surface area contributed by atoms with Gasteiger partial charge in [0, 0.05) is 13.2 Å². The highest BCUT2D eigenvalue weighted by Gasteiger charge is 2.58. The quantitative estimate of drug-likeness (QED) is 0.0446. The minimum absolute atomic E-state index is 0.560. The number of rotatable bonds is 33. The van der Waals surface area contributed by atoms with Crippen LogP contribution in [0.2, 0.25) is 0 Å². The van der Waals surface area contributed by atoms with Crippen LogP contribution in [0.25, 0.3) is 0 Å². The summed E-state index contributed by atoms with van der Waals surface area (Å²) in [6.45, 7) is 15.6. The molecule has 0 bridgehead atoms. The molecule has 0 aromatic heterocycles. The van der Waals surface area contributed by atoms with E-state index in [9.17, 15) is 0 Å². The van der Waals surface area contributed by atoms with Crippen LogP contribution in [0.15, 0.2) is 121 Å². The Morgan fingerprint density at radius 1 is 0.283 bits per heavy atom. The molecule has 0 spiro atoms. The van der Waals surface area contributed by atoms with Gasteiger partial charge in [-0.25, -0.2) is 0 Å². The molecule has 330 valence electrons. The molecule has 4 aromatic carbocycles. The Kier molecular flexibility index (Phi) is 22.2. The maximum Gasteiger partial charge on any atom is 0.155 e. The summed E-state index contributed by atoms with van der Waals surface area (Å²) in [5, 5.41) is 0. The predicted octanol–water partition coefficient (Wildman–Crippen LogP) is 17.6. The standard InChI is InChI=1S/C58H86O2/c1-7-55(8-2,9-3)47-35-19-15-13-17-21-37-49-59-57(51-39-27-23-28-40-51,52-41-29-24-30-42-52)58(53-43-31-25-32-44-53,54-45-33-26-34-46-54)60-50-38-22-18-14-16-20-36-48-56(10-4,11-5)12-6/h23-34,39-46H,7-22,35-38,47-50H2,1-6H3. The first-order valence-electron chi connectivity index (χ1n) is 24.9. The summed E-state index contributed by atoms with van der Waals surface area (Å²) in [6.07, 6.45) is 28.3. The third-order valence-electron chi connectivity index (χ3n) is 15.1. The smallest absolute Gasteiger partial charge is 0.155 e. The second-order valence-corrected chi connectivity index (χ2v) is 18.1. The maximum atomic E-state index is 7.65. The van der Waals surface area contributed by atoms with Crippen molar-refractivity contribution in [3.63, 3.8) is 0 Å². The molecule has 0 aliphatic rings. The molecule has 0 unspecified atom stereocenters. The summed E-state index contributed by atoms with van der Waals surface area (Å²) in [7, 11) is 0. The Morgan fingerprint density at radius 3 is 0.733 bits per heavy atom. The molecule has 0 heterocycles. The van der Waals surface area contributed by atoms with Crippen LogP contribution in [0, 0.1) is 10.8 Å². The Balaban J connectivity index is 1.55. The Labute approximate surface area is 369 Å². The van der Waals surface area contributed by atoms with Gasteiger partial charge in [0.25, 0.3) is 0 Å². The second-order valence-electron chi connectivity index (χ2n) is 18.1. The van der Waals surface area contributed by atoms with E-state index < -0.39 is 11.2 Å². The highest BCUT2D eigenvalue weighted by atomic mass is 16.6. The molecule has 0 aliphatic carbocycles. The van der Waals surface area contributed by atoms with Crippen molar-refractivity contribution in [1.29, 1.82) is 0 Å². The highest BCUT2D eigenvalue weighted by molar-refractivity contribution is 5.51. The van der Waals surface area contributed by atoms with Gasteiger partial charge in [0.2, 0.25) is 0 Å². The van der Waals surface area contributed by atoms with Crippen LogP contribution in [-0.2, 0) is 20.7 Å². The topological polar surface area (TPSA) is 18.5 Å². The van der Waals surface area contributed by atoms with Crippen LogP contribution >= 0.6 is 0 Å². The monoisotopic (exact) mass is 815 g/mol. The van der Waals surface area contributed by atoms with Gasteiger partial charge in [-0.15, -0.1) is 0 Å². The zero-order valence-electron chi connectivity index (χ0n) is 39.3. The minimum Gasteiger partial charge on any atom is -0.362 e. The van der Waals surface area contributed by atoms with Crippen LogP contribution in [0.3, 0.4) is 0 Å². The molecule has 4 aromatic rings. The molecule has 4 rings (SSSR count). The fourth-order valence-electron chi connectivity index (χ4n) is 10.4. The average Bonchev–Trinajstić information content (AvgIpc) is 3.32. The van der Waals surface area contributed by atoms with E-state index in [1.54, 1.807) is 0 Å². The van der Waals surface area contributed by atoms with Crippen LogP contribution in [-0.4, -0.2) is 13.2 Å². The van der Waals surface area contributed by atoms with Crippen molar-refractivity contribution < 1.29 is 9.47 Å². The molecular formula is C58H86O2. The van der Waals surface area contributed by atoms with E-state index in [2.05, 4.69) is 163 Å². The Hall–Kier alpha value is -3.20. The number of benzene rings is 4. The Morgan fingerprint density at radius 2 is 0.500 bits per heavy atom. The van der Waals surface area contributed by atoms with Crippen molar-refractivity contribution in [3.8, 4) is 0 Å². The number of ether oxygens (including phenoxy) is 2. The molecule has 0 atom stereocenters. The molecule has 0 radical (unpaired) electrons. The number of unbranched alkanes of at least 4 members (excludes halogenated alkanes) is 12. The van der Waals surface area contributed by atoms with Crippen LogP contribution in [0.5, 0.6) is 0 Å². The van der Waals surface area contributed by atoms with Crippen molar-refractivity contribution in [3.05, 3.63) is 144 Å². The first-order valence-corrected chi connectivity index (χ1v) is 24.9. The summed E-state index contributed by atoms with van der Waals surface area (Å²) in [6, 6.07) is 43.8. The van der Waals surface area contributed by atoms with Crippen molar-refractivity contribution in [2.75, 3.05) is 13.2 Å². The van der Waals surface area contributed by atoms with Crippen molar-refractivity contribution in [2.45, 2.75) is 194 Å². The molecular weight excluding hydrogens is 729 g/mol. The molecule has 0 saturated heterocycles. The number of hydrogen-bond donors (Lipinski definition) is 0. The van der Waals surface area contributed by atoms with Gasteiger partial charge in [0.15, 0.2) is 11.2 Å². The summed E-state index contributed by atoms with van der Waals surface area (Å²) < 4.78 is 15.3. The van der Waals surface area contributed by atoms with Crippen LogP contribution in [0.4, 0.5) is 0 Å². The molecule has 0 N–H and O–H groups in total. The molecule has 0 amide bonds. The van der Waals surface area contributed by atoms with E-state index in [0.29, 0.717) is 24.0 Å². The normalized spacial score (nSPS) is 12.6.